The Hall–Kier alpha value is -0.380. The molecule has 0 bridgehead atoms. The molecule has 9 heavy (non-hydrogen) atoms. The molecule has 3 nitrogen and oxygen atoms in total. The summed E-state index contributed by atoms with van der Waals surface area (Å²) in [6.07, 6.45) is -0.929. The van der Waals surface area contributed by atoms with Crippen LogP contribution in [-0.2, 0) is 9.59 Å². The average Bonchev–Trinajstić information content (AvgIpc) is 1.85. The van der Waals surface area contributed by atoms with Crippen LogP contribution in [0.1, 0.15) is 8.29 Å². The third kappa shape index (κ3) is 3.24. The van der Waals surface area contributed by atoms with E-state index in [1.807, 2.05) is 0 Å². The predicted octanol–water partition coefficient (Wildman–Crippen LogP) is 0.0849. The molecule has 1 atom stereocenters. The summed E-state index contributed by atoms with van der Waals surface area (Å²) in [5.41, 5.74) is 0. The van der Waals surface area contributed by atoms with Crippen LogP contribution < -0.4 is 5.32 Å². The lowest BCUT2D eigenvalue weighted by Crippen LogP contribution is -2.33. The van der Waals surface area contributed by atoms with Gasteiger partial charge in [0.2, 0.25) is 6.39 Å². The van der Waals surface area contributed by atoms with Gasteiger partial charge in [0.1, 0.15) is 1.37 Å². The summed E-state index contributed by atoms with van der Waals surface area (Å²) < 4.78 is 6.46. The number of amides is 1. The second-order valence-electron chi connectivity index (χ2n) is 1.57. The molecule has 1 N–H and O–H groups in total. The Morgan fingerprint density at radius 1 is 2.11 bits per heavy atom. The van der Waals surface area contributed by atoms with Crippen molar-refractivity contribution in [2.24, 2.45) is 0 Å². The van der Waals surface area contributed by atoms with E-state index in [1.54, 1.807) is 0 Å². The molecular weight excluding hydrogens is 186 g/mol. The standard InChI is InChI=1S/C5H8BrNO2/c1-4(7-3-8)5(9)2-6/h3-4H,2H2,1H3,(H,7,8)/i3D. The van der Waals surface area contributed by atoms with Gasteiger partial charge in [-0.2, -0.15) is 0 Å². The molecule has 0 aliphatic rings. The molecule has 1 amide bonds. The molecule has 0 spiro atoms. The lowest BCUT2D eigenvalue weighted by molar-refractivity contribution is -0.120. The first-order chi connectivity index (χ1) is 4.57. The van der Waals surface area contributed by atoms with Crippen LogP contribution in [0.3, 0.4) is 0 Å². The summed E-state index contributed by atoms with van der Waals surface area (Å²) in [5, 5.41) is 2.34. The normalized spacial score (nSPS) is 13.8. The van der Waals surface area contributed by atoms with Gasteiger partial charge in [-0.1, -0.05) is 15.9 Å². The van der Waals surface area contributed by atoms with Crippen LogP contribution in [0.25, 0.3) is 0 Å². The molecule has 0 aromatic rings. The number of hydrogen-bond acceptors (Lipinski definition) is 2. The highest BCUT2D eigenvalue weighted by atomic mass is 79.9. The van der Waals surface area contributed by atoms with Crippen LogP contribution in [0.5, 0.6) is 0 Å². The SMILES string of the molecule is [2H]C(=O)NC(C)C(=O)CBr. The summed E-state index contributed by atoms with van der Waals surface area (Å²) >= 11 is 2.94. The smallest absolute Gasteiger partial charge is 0.207 e. The quantitative estimate of drug-likeness (QED) is 0.512. The fraction of sp³-hybridized carbons (Fsp3) is 0.600. The molecule has 0 aromatic carbocycles. The number of Topliss-reactive ketones (excluding diaryl/α,β-unsaturated/α-hetero) is 1. The lowest BCUT2D eigenvalue weighted by atomic mass is 10.2. The second-order valence-corrected chi connectivity index (χ2v) is 2.13. The number of ketones is 1. The number of carbonyl (C=O) groups is 2. The zero-order chi connectivity index (χ0) is 8.15. The molecule has 0 aliphatic carbocycles. The van der Waals surface area contributed by atoms with Gasteiger partial charge in [-0.25, -0.2) is 0 Å². The number of carbonyl (C=O) groups excluding carboxylic acids is 2. The largest absolute Gasteiger partial charge is 0.349 e. The summed E-state index contributed by atoms with van der Waals surface area (Å²) in [7, 11) is 0. The third-order valence-electron chi connectivity index (χ3n) is 0.890. The highest BCUT2D eigenvalue weighted by Crippen LogP contribution is 1.87. The number of nitrogens with one attached hydrogen (secondary N) is 1. The lowest BCUT2D eigenvalue weighted by Gasteiger charge is -2.04. The first-order valence-corrected chi connectivity index (χ1v) is 3.56. The van der Waals surface area contributed by atoms with Crippen LogP contribution in [0.4, 0.5) is 0 Å². The molecule has 52 valence electrons. The molecule has 0 heterocycles. The second kappa shape index (κ2) is 4.49. The van der Waals surface area contributed by atoms with E-state index in [9.17, 15) is 9.59 Å². The maximum absolute atomic E-state index is 10.7. The Kier molecular flexibility index (Phi) is 3.36. The monoisotopic (exact) mass is 194 g/mol. The van der Waals surface area contributed by atoms with Gasteiger partial charge in [0.15, 0.2) is 5.78 Å². The third-order valence-corrected chi connectivity index (χ3v) is 1.44. The Morgan fingerprint density at radius 2 is 2.67 bits per heavy atom. The van der Waals surface area contributed by atoms with Crippen LogP contribution in [0.2, 0.25) is 0 Å². The van der Waals surface area contributed by atoms with Crippen molar-refractivity contribution in [1.82, 2.24) is 5.32 Å². The maximum Gasteiger partial charge on any atom is 0.207 e. The zero-order valence-electron chi connectivity index (χ0n) is 5.98. The van der Waals surface area contributed by atoms with Gasteiger partial charge in [-0.15, -0.1) is 0 Å². The Labute approximate surface area is 63.3 Å². The molecular formula is C5H8BrNO2. The summed E-state index contributed by atoms with van der Waals surface area (Å²) in [6, 6.07) is -0.565. The minimum Gasteiger partial charge on any atom is -0.349 e. The van der Waals surface area contributed by atoms with E-state index in [4.69, 9.17) is 1.37 Å². The summed E-state index contributed by atoms with van der Waals surface area (Å²) in [4.78, 5) is 20.8. The Balaban J connectivity index is 3.72. The molecule has 1 unspecified atom stereocenters. The van der Waals surface area contributed by atoms with Crippen LogP contribution in [0, 0.1) is 0 Å². The number of hydrogen-bond donors (Lipinski definition) is 1. The molecule has 0 saturated carbocycles. The van der Waals surface area contributed by atoms with Crippen molar-refractivity contribution >= 4 is 28.1 Å². The van der Waals surface area contributed by atoms with Crippen molar-refractivity contribution in [3.63, 3.8) is 0 Å². The van der Waals surface area contributed by atoms with Crippen LogP contribution >= 0.6 is 15.9 Å². The van der Waals surface area contributed by atoms with Gasteiger partial charge in [-0.3, -0.25) is 9.59 Å². The van der Waals surface area contributed by atoms with Gasteiger partial charge in [-0.05, 0) is 6.92 Å². The Morgan fingerprint density at radius 3 is 3.00 bits per heavy atom. The summed E-state index contributed by atoms with van der Waals surface area (Å²) in [6.45, 7) is 1.54. The molecule has 0 aromatic heterocycles. The van der Waals surface area contributed by atoms with Gasteiger partial charge >= 0.3 is 0 Å². The average molecular weight is 195 g/mol. The van der Waals surface area contributed by atoms with Crippen molar-refractivity contribution in [2.75, 3.05) is 5.33 Å². The maximum atomic E-state index is 10.7. The first kappa shape index (κ1) is 6.74. The summed E-state index contributed by atoms with van der Waals surface area (Å²) in [5.74, 6) is -0.138. The number of halogens is 1. The van der Waals surface area contributed by atoms with E-state index in [0.29, 0.717) is 0 Å². The topological polar surface area (TPSA) is 46.2 Å². The number of alkyl halides is 1. The van der Waals surface area contributed by atoms with Gasteiger partial charge in [0, 0.05) is 0 Å². The van der Waals surface area contributed by atoms with Crippen molar-refractivity contribution in [2.45, 2.75) is 13.0 Å². The van der Waals surface area contributed by atoms with E-state index in [0.717, 1.165) is 0 Å². The highest BCUT2D eigenvalue weighted by molar-refractivity contribution is 9.09. The van der Waals surface area contributed by atoms with Crippen molar-refractivity contribution in [3.8, 4) is 0 Å². The van der Waals surface area contributed by atoms with Gasteiger partial charge in [0.05, 0.1) is 11.4 Å². The van der Waals surface area contributed by atoms with E-state index >= 15 is 0 Å². The minimum absolute atomic E-state index is 0.138. The van der Waals surface area contributed by atoms with E-state index in [1.165, 1.54) is 6.92 Å². The molecule has 0 saturated heterocycles. The van der Waals surface area contributed by atoms with Crippen molar-refractivity contribution in [1.29, 1.82) is 0 Å². The fourth-order valence-corrected chi connectivity index (χ4v) is 0.770. The van der Waals surface area contributed by atoms with Crippen molar-refractivity contribution < 1.29 is 11.0 Å². The van der Waals surface area contributed by atoms with Crippen LogP contribution in [-0.4, -0.2) is 23.5 Å². The van der Waals surface area contributed by atoms with Gasteiger partial charge < -0.3 is 5.32 Å². The highest BCUT2D eigenvalue weighted by Gasteiger charge is 2.07. The number of rotatable bonds is 3. The minimum atomic E-state index is -0.929. The molecule has 0 aliphatic heterocycles. The predicted molar refractivity (Wildman–Crippen MR) is 37.5 cm³/mol. The molecule has 4 heteroatoms. The molecule has 0 radical (unpaired) electrons. The van der Waals surface area contributed by atoms with E-state index < -0.39 is 12.4 Å². The fourth-order valence-electron chi connectivity index (χ4n) is 0.285. The van der Waals surface area contributed by atoms with Crippen LogP contribution in [0.15, 0.2) is 0 Å². The molecule has 0 rings (SSSR count). The zero-order valence-corrected chi connectivity index (χ0v) is 6.56. The van der Waals surface area contributed by atoms with Crippen molar-refractivity contribution in [3.05, 3.63) is 0 Å². The molecule has 0 fully saturated rings. The first-order valence-electron chi connectivity index (χ1n) is 2.93. The van der Waals surface area contributed by atoms with E-state index in [2.05, 4.69) is 21.2 Å². The van der Waals surface area contributed by atoms with Gasteiger partial charge in [0.25, 0.3) is 0 Å². The Bertz CT molecular complexity index is 151. The van der Waals surface area contributed by atoms with E-state index in [-0.39, 0.29) is 11.1 Å².